The molecule has 0 bridgehead atoms. The van der Waals surface area contributed by atoms with Crippen LogP contribution >= 0.6 is 0 Å². The Balaban J connectivity index is 1.52. The SMILES string of the molecule is CC1=CC(COc2cccc3c2CN(C2CCC(=O)NC2=O)C3=O)=NC1N. The Hall–Kier alpha value is -3.00. The molecular formula is C19H20N4O4. The lowest BCUT2D eigenvalue weighted by Crippen LogP contribution is -2.52. The normalized spacial score (nSPS) is 24.5. The van der Waals surface area contributed by atoms with Crippen molar-refractivity contribution in [3.8, 4) is 5.75 Å². The number of fused-ring (bicyclic) bond motifs is 1. The van der Waals surface area contributed by atoms with Gasteiger partial charge in [0.05, 0.1) is 12.3 Å². The van der Waals surface area contributed by atoms with Crippen molar-refractivity contribution in [1.29, 1.82) is 0 Å². The molecule has 4 rings (SSSR count). The molecule has 3 heterocycles. The second-order valence-electron chi connectivity index (χ2n) is 6.92. The molecule has 8 heteroatoms. The standard InChI is InChI=1S/C19H20N4O4/c1-10-7-11(21-17(10)20)9-27-15-4-2-3-12-13(15)8-23(19(12)26)14-5-6-16(24)22-18(14)25/h2-4,7,14,17H,5-6,8-9,20H2,1H3,(H,22,24,25). The van der Waals surface area contributed by atoms with Crippen LogP contribution < -0.4 is 15.8 Å². The molecule has 27 heavy (non-hydrogen) atoms. The molecular weight excluding hydrogens is 348 g/mol. The van der Waals surface area contributed by atoms with E-state index in [2.05, 4.69) is 10.3 Å². The molecule has 0 spiro atoms. The summed E-state index contributed by atoms with van der Waals surface area (Å²) < 4.78 is 5.89. The van der Waals surface area contributed by atoms with Gasteiger partial charge in [-0.05, 0) is 37.1 Å². The van der Waals surface area contributed by atoms with Crippen molar-refractivity contribution in [2.24, 2.45) is 10.7 Å². The number of imide groups is 1. The summed E-state index contributed by atoms with van der Waals surface area (Å²) in [4.78, 5) is 42.1. The topological polar surface area (TPSA) is 114 Å². The van der Waals surface area contributed by atoms with E-state index in [1.54, 1.807) is 18.2 Å². The van der Waals surface area contributed by atoms with E-state index in [1.807, 2.05) is 13.0 Å². The van der Waals surface area contributed by atoms with Crippen molar-refractivity contribution in [2.45, 2.75) is 38.5 Å². The molecule has 0 aromatic heterocycles. The summed E-state index contributed by atoms with van der Waals surface area (Å²) in [7, 11) is 0. The summed E-state index contributed by atoms with van der Waals surface area (Å²) in [6.07, 6.45) is 2.13. The summed E-state index contributed by atoms with van der Waals surface area (Å²) in [5.74, 6) is -0.362. The summed E-state index contributed by atoms with van der Waals surface area (Å²) in [5, 5.41) is 2.30. The van der Waals surface area contributed by atoms with Gasteiger partial charge in [0.2, 0.25) is 11.8 Å². The summed E-state index contributed by atoms with van der Waals surface area (Å²) >= 11 is 0. The Kier molecular flexibility index (Phi) is 4.27. The fourth-order valence-corrected chi connectivity index (χ4v) is 3.59. The number of nitrogens with one attached hydrogen (secondary N) is 1. The number of nitrogens with zero attached hydrogens (tertiary/aromatic N) is 2. The van der Waals surface area contributed by atoms with Crippen molar-refractivity contribution in [1.82, 2.24) is 10.2 Å². The number of carbonyl (C=O) groups is 3. The summed E-state index contributed by atoms with van der Waals surface area (Å²) in [5.41, 5.74) is 8.84. The quantitative estimate of drug-likeness (QED) is 0.752. The predicted molar refractivity (Wildman–Crippen MR) is 97.1 cm³/mol. The van der Waals surface area contributed by atoms with Crippen molar-refractivity contribution < 1.29 is 19.1 Å². The van der Waals surface area contributed by atoms with Crippen LogP contribution in [-0.2, 0) is 16.1 Å². The van der Waals surface area contributed by atoms with Crippen LogP contribution in [0.25, 0.3) is 0 Å². The van der Waals surface area contributed by atoms with Crippen LogP contribution in [0.4, 0.5) is 0 Å². The molecule has 3 amide bonds. The van der Waals surface area contributed by atoms with E-state index in [1.165, 1.54) is 4.90 Å². The molecule has 8 nitrogen and oxygen atoms in total. The van der Waals surface area contributed by atoms with Crippen molar-refractivity contribution in [3.05, 3.63) is 41.0 Å². The fraction of sp³-hybridized carbons (Fsp3) is 0.368. The third kappa shape index (κ3) is 3.12. The van der Waals surface area contributed by atoms with Gasteiger partial charge in [-0.1, -0.05) is 6.07 Å². The number of benzene rings is 1. The first-order valence-electron chi connectivity index (χ1n) is 8.84. The Labute approximate surface area is 156 Å². The molecule has 3 N–H and O–H groups in total. The van der Waals surface area contributed by atoms with E-state index in [0.717, 1.165) is 16.8 Å². The molecule has 1 aromatic carbocycles. The van der Waals surface area contributed by atoms with Crippen LogP contribution in [0.5, 0.6) is 5.75 Å². The molecule has 0 aliphatic carbocycles. The van der Waals surface area contributed by atoms with Gasteiger partial charge in [-0.25, -0.2) is 0 Å². The first-order valence-corrected chi connectivity index (χ1v) is 8.84. The molecule has 1 saturated heterocycles. The Morgan fingerprint density at radius 1 is 1.33 bits per heavy atom. The van der Waals surface area contributed by atoms with Gasteiger partial charge in [0.15, 0.2) is 0 Å². The molecule has 2 atom stereocenters. The van der Waals surface area contributed by atoms with Crippen molar-refractivity contribution in [3.63, 3.8) is 0 Å². The zero-order valence-electron chi connectivity index (χ0n) is 14.9. The second-order valence-corrected chi connectivity index (χ2v) is 6.92. The van der Waals surface area contributed by atoms with Gasteiger partial charge in [-0.15, -0.1) is 0 Å². The van der Waals surface area contributed by atoms with Gasteiger partial charge in [-0.3, -0.25) is 24.7 Å². The minimum Gasteiger partial charge on any atom is -0.487 e. The molecule has 140 valence electrons. The molecule has 0 radical (unpaired) electrons. The Morgan fingerprint density at radius 2 is 2.15 bits per heavy atom. The molecule has 0 saturated carbocycles. The maximum absolute atomic E-state index is 12.8. The van der Waals surface area contributed by atoms with E-state index < -0.39 is 11.9 Å². The third-order valence-electron chi connectivity index (χ3n) is 5.08. The first kappa shape index (κ1) is 17.4. The highest BCUT2D eigenvalue weighted by atomic mass is 16.5. The third-order valence-corrected chi connectivity index (χ3v) is 5.08. The van der Waals surface area contributed by atoms with E-state index in [4.69, 9.17) is 10.5 Å². The lowest BCUT2D eigenvalue weighted by atomic mass is 10.0. The van der Waals surface area contributed by atoms with E-state index in [9.17, 15) is 14.4 Å². The highest BCUT2D eigenvalue weighted by Crippen LogP contribution is 2.33. The molecule has 2 unspecified atom stereocenters. The van der Waals surface area contributed by atoms with Crippen molar-refractivity contribution in [2.75, 3.05) is 6.61 Å². The average molecular weight is 368 g/mol. The minimum absolute atomic E-state index is 0.221. The maximum atomic E-state index is 12.8. The number of amides is 3. The van der Waals surface area contributed by atoms with Crippen LogP contribution in [0.15, 0.2) is 34.8 Å². The van der Waals surface area contributed by atoms with Crippen LogP contribution in [0.1, 0.15) is 35.7 Å². The molecule has 3 aliphatic heterocycles. The minimum atomic E-state index is -0.641. The van der Waals surface area contributed by atoms with Gasteiger partial charge < -0.3 is 15.4 Å². The van der Waals surface area contributed by atoms with Gasteiger partial charge in [0.1, 0.15) is 24.6 Å². The average Bonchev–Trinajstić information content (AvgIpc) is 3.13. The molecule has 3 aliphatic rings. The second kappa shape index (κ2) is 6.62. The number of carbonyl (C=O) groups excluding carboxylic acids is 3. The van der Waals surface area contributed by atoms with Crippen LogP contribution in [0.3, 0.4) is 0 Å². The smallest absolute Gasteiger partial charge is 0.255 e. The van der Waals surface area contributed by atoms with Gasteiger partial charge in [0.25, 0.3) is 5.91 Å². The van der Waals surface area contributed by atoms with Gasteiger partial charge >= 0.3 is 0 Å². The van der Waals surface area contributed by atoms with Crippen molar-refractivity contribution >= 4 is 23.4 Å². The Morgan fingerprint density at radius 3 is 2.85 bits per heavy atom. The zero-order valence-corrected chi connectivity index (χ0v) is 14.9. The number of piperidine rings is 1. The fourth-order valence-electron chi connectivity index (χ4n) is 3.59. The first-order chi connectivity index (χ1) is 12.9. The number of aliphatic imine (C=N–C) groups is 1. The van der Waals surface area contributed by atoms with Gasteiger partial charge in [0, 0.05) is 17.5 Å². The maximum Gasteiger partial charge on any atom is 0.255 e. The number of hydrogen-bond donors (Lipinski definition) is 2. The largest absolute Gasteiger partial charge is 0.487 e. The lowest BCUT2D eigenvalue weighted by molar-refractivity contribution is -0.136. The molecule has 1 fully saturated rings. The van der Waals surface area contributed by atoms with E-state index in [-0.39, 0.29) is 37.6 Å². The lowest BCUT2D eigenvalue weighted by Gasteiger charge is -2.29. The number of hydrogen-bond acceptors (Lipinski definition) is 6. The Bertz CT molecular complexity index is 905. The van der Waals surface area contributed by atoms with Crippen LogP contribution in [-0.4, -0.2) is 47.1 Å². The van der Waals surface area contributed by atoms with Crippen LogP contribution in [0, 0.1) is 0 Å². The number of nitrogens with two attached hydrogens (primary N) is 1. The number of ether oxygens (including phenoxy) is 1. The summed E-state index contributed by atoms with van der Waals surface area (Å²) in [6.45, 7) is 2.45. The monoisotopic (exact) mass is 368 g/mol. The van der Waals surface area contributed by atoms with Gasteiger partial charge in [-0.2, -0.15) is 0 Å². The number of rotatable bonds is 4. The highest BCUT2D eigenvalue weighted by Gasteiger charge is 2.40. The van der Waals surface area contributed by atoms with Crippen LogP contribution in [0.2, 0.25) is 0 Å². The predicted octanol–water partition coefficient (Wildman–Crippen LogP) is 0.512. The highest BCUT2D eigenvalue weighted by molar-refractivity contribution is 6.05. The summed E-state index contributed by atoms with van der Waals surface area (Å²) in [6, 6.07) is 4.64. The van der Waals surface area contributed by atoms with E-state index >= 15 is 0 Å². The zero-order chi connectivity index (χ0) is 19.1. The van der Waals surface area contributed by atoms with E-state index in [0.29, 0.717) is 17.7 Å². The molecule has 1 aromatic rings.